The van der Waals surface area contributed by atoms with Crippen molar-refractivity contribution in [2.75, 3.05) is 4.72 Å². The smallest absolute Gasteiger partial charge is 0.278 e. The fraction of sp³-hybridized carbons (Fsp3) is 0. The van der Waals surface area contributed by atoms with Crippen LogP contribution in [0.2, 0.25) is 0 Å². The SMILES string of the molecule is O=S(=O)(Nc1ccc(Oc2ccc(-n3ccnc3)nn2)cc1)c1cnc[nH]1. The van der Waals surface area contributed by atoms with Crippen molar-refractivity contribution < 1.29 is 13.2 Å². The maximum atomic E-state index is 12.1. The molecule has 1 aromatic carbocycles. The van der Waals surface area contributed by atoms with E-state index in [-0.39, 0.29) is 5.03 Å². The van der Waals surface area contributed by atoms with Crippen LogP contribution in [0.5, 0.6) is 11.6 Å². The second kappa shape index (κ2) is 6.88. The third-order valence-corrected chi connectivity index (χ3v) is 4.79. The van der Waals surface area contributed by atoms with E-state index in [1.54, 1.807) is 59.7 Å². The molecule has 27 heavy (non-hydrogen) atoms. The van der Waals surface area contributed by atoms with Crippen molar-refractivity contribution in [2.24, 2.45) is 0 Å². The molecule has 0 fully saturated rings. The van der Waals surface area contributed by atoms with Crippen LogP contribution in [0.25, 0.3) is 5.82 Å². The van der Waals surface area contributed by atoms with Crippen molar-refractivity contribution in [1.82, 2.24) is 29.7 Å². The summed E-state index contributed by atoms with van der Waals surface area (Å²) in [4.78, 5) is 10.2. The minimum atomic E-state index is -3.71. The van der Waals surface area contributed by atoms with Gasteiger partial charge >= 0.3 is 0 Å². The molecule has 0 radical (unpaired) electrons. The van der Waals surface area contributed by atoms with Crippen molar-refractivity contribution in [3.05, 3.63) is 67.6 Å². The van der Waals surface area contributed by atoms with Crippen LogP contribution in [0, 0.1) is 0 Å². The average molecular weight is 383 g/mol. The normalized spacial score (nSPS) is 11.3. The first-order valence-electron chi connectivity index (χ1n) is 7.71. The number of aromatic amines is 1. The molecule has 0 aliphatic heterocycles. The third-order valence-electron chi connectivity index (χ3n) is 3.49. The number of imidazole rings is 2. The van der Waals surface area contributed by atoms with Gasteiger partial charge in [0, 0.05) is 24.1 Å². The van der Waals surface area contributed by atoms with Crippen LogP contribution in [0.15, 0.2) is 72.7 Å². The number of H-pyrrole nitrogens is 1. The standard InChI is InChI=1S/C16H13N7O3S/c24-27(25,16-9-18-10-19-16)22-12-1-3-13(4-2-12)26-15-6-5-14(20-21-15)23-8-7-17-11-23/h1-11,22H,(H,18,19). The number of hydrogen-bond acceptors (Lipinski definition) is 7. The number of nitrogens with one attached hydrogen (secondary N) is 2. The molecule has 0 amide bonds. The fourth-order valence-electron chi connectivity index (χ4n) is 2.21. The highest BCUT2D eigenvalue weighted by Gasteiger charge is 2.15. The molecule has 0 unspecified atom stereocenters. The number of ether oxygens (including phenoxy) is 1. The molecule has 10 nitrogen and oxygen atoms in total. The van der Waals surface area contributed by atoms with Gasteiger partial charge in [0.2, 0.25) is 5.88 Å². The van der Waals surface area contributed by atoms with Gasteiger partial charge in [-0.1, -0.05) is 0 Å². The molecule has 3 aromatic heterocycles. The van der Waals surface area contributed by atoms with Crippen LogP contribution < -0.4 is 9.46 Å². The monoisotopic (exact) mass is 383 g/mol. The van der Waals surface area contributed by atoms with E-state index in [9.17, 15) is 8.42 Å². The fourth-order valence-corrected chi connectivity index (χ4v) is 3.18. The number of nitrogens with zero attached hydrogens (tertiary/aromatic N) is 5. The van der Waals surface area contributed by atoms with Crippen molar-refractivity contribution in [1.29, 1.82) is 0 Å². The second-order valence-electron chi connectivity index (χ2n) is 5.35. The molecule has 0 aliphatic rings. The Bertz CT molecular complexity index is 1110. The van der Waals surface area contributed by atoms with E-state index in [1.807, 2.05) is 0 Å². The lowest BCUT2D eigenvalue weighted by Gasteiger charge is -2.08. The summed E-state index contributed by atoms with van der Waals surface area (Å²) in [6.45, 7) is 0. The van der Waals surface area contributed by atoms with Crippen LogP contribution in [0.3, 0.4) is 0 Å². The van der Waals surface area contributed by atoms with Crippen LogP contribution >= 0.6 is 0 Å². The van der Waals surface area contributed by atoms with Gasteiger partial charge in [0.05, 0.1) is 12.5 Å². The molecule has 4 aromatic rings. The molecule has 0 spiro atoms. The maximum absolute atomic E-state index is 12.1. The summed E-state index contributed by atoms with van der Waals surface area (Å²) < 4.78 is 34.0. The highest BCUT2D eigenvalue weighted by molar-refractivity contribution is 7.92. The van der Waals surface area contributed by atoms with E-state index in [4.69, 9.17) is 4.74 Å². The Morgan fingerprint density at radius 3 is 2.52 bits per heavy atom. The Morgan fingerprint density at radius 1 is 1.04 bits per heavy atom. The van der Waals surface area contributed by atoms with E-state index in [1.165, 1.54) is 12.5 Å². The number of rotatable bonds is 6. The van der Waals surface area contributed by atoms with E-state index >= 15 is 0 Å². The number of anilines is 1. The molecular weight excluding hydrogens is 370 g/mol. The second-order valence-corrected chi connectivity index (χ2v) is 7.00. The highest BCUT2D eigenvalue weighted by atomic mass is 32.2. The molecule has 3 heterocycles. The summed E-state index contributed by atoms with van der Waals surface area (Å²) in [6, 6.07) is 9.83. The summed E-state index contributed by atoms with van der Waals surface area (Å²) in [5, 5.41) is 8.04. The predicted octanol–water partition coefficient (Wildman–Crippen LogP) is 1.98. The third kappa shape index (κ3) is 3.77. The number of hydrogen-bond donors (Lipinski definition) is 2. The Kier molecular flexibility index (Phi) is 4.26. The van der Waals surface area contributed by atoms with Gasteiger partial charge in [-0.15, -0.1) is 10.2 Å². The molecule has 4 rings (SSSR count). The summed E-state index contributed by atoms with van der Waals surface area (Å²) in [7, 11) is -3.71. The predicted molar refractivity (Wildman–Crippen MR) is 95.1 cm³/mol. The van der Waals surface area contributed by atoms with Crippen LogP contribution in [0.4, 0.5) is 5.69 Å². The lowest BCUT2D eigenvalue weighted by atomic mass is 10.3. The number of aromatic nitrogens is 6. The average Bonchev–Trinajstić information content (AvgIpc) is 3.38. The molecular formula is C16H13N7O3S. The Morgan fingerprint density at radius 2 is 1.89 bits per heavy atom. The summed E-state index contributed by atoms with van der Waals surface area (Å²) in [5.41, 5.74) is 0.387. The zero-order chi connectivity index (χ0) is 18.7. The van der Waals surface area contributed by atoms with E-state index in [0.717, 1.165) is 0 Å². The van der Waals surface area contributed by atoms with Crippen LogP contribution in [-0.2, 0) is 10.0 Å². The van der Waals surface area contributed by atoms with Crippen molar-refractivity contribution >= 4 is 15.7 Å². The van der Waals surface area contributed by atoms with E-state index in [2.05, 4.69) is 29.9 Å². The van der Waals surface area contributed by atoms with Gasteiger partial charge < -0.3 is 9.72 Å². The quantitative estimate of drug-likeness (QED) is 0.521. The van der Waals surface area contributed by atoms with E-state index in [0.29, 0.717) is 23.1 Å². The van der Waals surface area contributed by atoms with Gasteiger partial charge in [-0.25, -0.2) is 9.97 Å². The van der Waals surface area contributed by atoms with Gasteiger partial charge in [-0.2, -0.15) is 8.42 Å². The molecule has 0 bridgehead atoms. The molecule has 0 aliphatic carbocycles. The Labute approximate surface area is 154 Å². The lowest BCUT2D eigenvalue weighted by Crippen LogP contribution is -2.13. The minimum absolute atomic E-state index is 0.0175. The summed E-state index contributed by atoms with van der Waals surface area (Å²) >= 11 is 0. The first-order chi connectivity index (χ1) is 13.1. The first kappa shape index (κ1) is 16.7. The molecule has 0 saturated carbocycles. The Hall–Kier alpha value is -3.73. The van der Waals surface area contributed by atoms with Crippen molar-refractivity contribution in [2.45, 2.75) is 5.03 Å². The summed E-state index contributed by atoms with van der Waals surface area (Å²) in [5.74, 6) is 1.41. The highest BCUT2D eigenvalue weighted by Crippen LogP contribution is 2.22. The van der Waals surface area contributed by atoms with Gasteiger partial charge in [-0.05, 0) is 30.3 Å². The molecule has 2 N–H and O–H groups in total. The van der Waals surface area contributed by atoms with Gasteiger partial charge in [0.15, 0.2) is 10.8 Å². The molecule has 136 valence electrons. The molecule has 0 atom stereocenters. The Balaban J connectivity index is 1.43. The first-order valence-corrected chi connectivity index (χ1v) is 9.20. The van der Waals surface area contributed by atoms with Crippen LogP contribution in [0.1, 0.15) is 0 Å². The van der Waals surface area contributed by atoms with Crippen LogP contribution in [-0.4, -0.2) is 38.1 Å². The summed E-state index contributed by atoms with van der Waals surface area (Å²) in [6.07, 6.45) is 7.55. The molecule has 11 heteroatoms. The van der Waals surface area contributed by atoms with E-state index < -0.39 is 10.0 Å². The zero-order valence-corrected chi connectivity index (χ0v) is 14.5. The minimum Gasteiger partial charge on any atom is -0.438 e. The van der Waals surface area contributed by atoms with Gasteiger partial charge in [0.25, 0.3) is 10.0 Å². The zero-order valence-electron chi connectivity index (χ0n) is 13.7. The number of benzene rings is 1. The van der Waals surface area contributed by atoms with Gasteiger partial charge in [0.1, 0.15) is 12.1 Å². The molecule has 0 saturated heterocycles. The largest absolute Gasteiger partial charge is 0.438 e. The van der Waals surface area contributed by atoms with Crippen molar-refractivity contribution in [3.8, 4) is 17.4 Å². The number of sulfonamides is 1. The topological polar surface area (TPSA) is 128 Å². The maximum Gasteiger partial charge on any atom is 0.278 e. The van der Waals surface area contributed by atoms with Crippen molar-refractivity contribution in [3.63, 3.8) is 0 Å². The van der Waals surface area contributed by atoms with Gasteiger partial charge in [-0.3, -0.25) is 9.29 Å². The lowest BCUT2D eigenvalue weighted by molar-refractivity contribution is 0.454.